The lowest BCUT2D eigenvalue weighted by Gasteiger charge is -2.31. The average Bonchev–Trinajstić information content (AvgIpc) is 3.23. The van der Waals surface area contributed by atoms with Crippen molar-refractivity contribution in [3.8, 4) is 11.4 Å². The van der Waals surface area contributed by atoms with Gasteiger partial charge in [-0.1, -0.05) is 25.1 Å². The normalized spacial score (nSPS) is 19.0. The van der Waals surface area contributed by atoms with E-state index in [1.807, 2.05) is 24.3 Å². The maximum atomic E-state index is 14.0. The fourth-order valence-electron chi connectivity index (χ4n) is 4.88. The molecule has 0 bridgehead atoms. The molecule has 6 rings (SSSR count). The molecule has 1 saturated heterocycles. The summed E-state index contributed by atoms with van der Waals surface area (Å²) in [5.41, 5.74) is 1.55. The molecule has 2 atom stereocenters. The number of alkyl halides is 3. The van der Waals surface area contributed by atoms with Gasteiger partial charge in [0, 0.05) is 40.3 Å². The molecule has 1 aliphatic rings. The Bertz CT molecular complexity index is 1560. The number of nitrogens with one attached hydrogen (secondary N) is 3. The van der Waals surface area contributed by atoms with E-state index >= 15 is 0 Å². The minimum atomic E-state index is -4.59. The highest BCUT2D eigenvalue weighted by molar-refractivity contribution is 6.12. The van der Waals surface area contributed by atoms with E-state index < -0.39 is 11.7 Å². The number of halogens is 3. The van der Waals surface area contributed by atoms with Crippen LogP contribution >= 0.6 is 0 Å². The summed E-state index contributed by atoms with van der Waals surface area (Å²) in [6, 6.07) is 9.55. The summed E-state index contributed by atoms with van der Waals surface area (Å²) >= 11 is 0. The van der Waals surface area contributed by atoms with E-state index in [9.17, 15) is 13.2 Å². The lowest BCUT2D eigenvalue weighted by Crippen LogP contribution is -2.42. The van der Waals surface area contributed by atoms with Crippen LogP contribution in [0.25, 0.3) is 44.2 Å². The van der Waals surface area contributed by atoms with Crippen LogP contribution in [0.5, 0.6) is 0 Å². The lowest BCUT2D eigenvalue weighted by molar-refractivity contribution is -0.136. The van der Waals surface area contributed by atoms with E-state index in [0.717, 1.165) is 42.0 Å². The predicted molar refractivity (Wildman–Crippen MR) is 129 cm³/mol. The molecule has 35 heavy (non-hydrogen) atoms. The van der Waals surface area contributed by atoms with Gasteiger partial charge in [0.25, 0.3) is 0 Å². The number of hydrogen-bond acceptors (Lipinski definition) is 6. The Labute approximate surface area is 198 Å². The molecule has 0 amide bonds. The molecule has 1 fully saturated rings. The summed E-state index contributed by atoms with van der Waals surface area (Å²) in [5.74, 6) is 0.706. The summed E-state index contributed by atoms with van der Waals surface area (Å²) in [7, 11) is 0. The van der Waals surface area contributed by atoms with Crippen molar-refractivity contribution in [3.05, 3.63) is 54.5 Å². The van der Waals surface area contributed by atoms with E-state index in [4.69, 9.17) is 4.98 Å². The van der Waals surface area contributed by atoms with Crippen LogP contribution in [0.2, 0.25) is 0 Å². The van der Waals surface area contributed by atoms with Gasteiger partial charge < -0.3 is 15.6 Å². The van der Waals surface area contributed by atoms with Gasteiger partial charge in [0.2, 0.25) is 0 Å². The number of para-hydroxylation sites is 1. The highest BCUT2D eigenvalue weighted by atomic mass is 19.4. The molecule has 3 N–H and O–H groups in total. The number of aromatic nitrogens is 5. The van der Waals surface area contributed by atoms with Crippen LogP contribution in [0.1, 0.15) is 18.9 Å². The maximum absolute atomic E-state index is 14.0. The van der Waals surface area contributed by atoms with Crippen molar-refractivity contribution in [2.75, 3.05) is 18.4 Å². The summed E-state index contributed by atoms with van der Waals surface area (Å²) < 4.78 is 41.9. The third-order valence-corrected chi connectivity index (χ3v) is 6.66. The zero-order valence-electron chi connectivity index (χ0n) is 18.8. The van der Waals surface area contributed by atoms with E-state index in [1.165, 1.54) is 6.20 Å². The molecule has 1 aliphatic heterocycles. The van der Waals surface area contributed by atoms with Crippen LogP contribution < -0.4 is 10.6 Å². The first-order chi connectivity index (χ1) is 16.9. The monoisotopic (exact) mass is 477 g/mol. The zero-order chi connectivity index (χ0) is 24.2. The van der Waals surface area contributed by atoms with Crippen LogP contribution in [0.15, 0.2) is 48.9 Å². The van der Waals surface area contributed by atoms with Gasteiger partial charge in [-0.05, 0) is 37.6 Å². The number of piperidine rings is 1. The minimum absolute atomic E-state index is 0.0259. The van der Waals surface area contributed by atoms with E-state index in [1.54, 1.807) is 12.3 Å². The summed E-state index contributed by atoms with van der Waals surface area (Å²) in [4.78, 5) is 20.8. The first-order valence-electron chi connectivity index (χ1n) is 11.5. The number of hydrogen-bond donors (Lipinski definition) is 3. The van der Waals surface area contributed by atoms with Crippen molar-refractivity contribution in [1.29, 1.82) is 0 Å². The fourth-order valence-corrected chi connectivity index (χ4v) is 4.88. The Kier molecular flexibility index (Phi) is 5.06. The van der Waals surface area contributed by atoms with Gasteiger partial charge in [-0.15, -0.1) is 0 Å². The Morgan fingerprint density at radius 3 is 2.74 bits per heavy atom. The van der Waals surface area contributed by atoms with Gasteiger partial charge in [-0.25, -0.2) is 15.0 Å². The number of nitrogens with zero attached hydrogens (tertiary/aromatic N) is 4. The van der Waals surface area contributed by atoms with Crippen LogP contribution in [0.4, 0.5) is 19.0 Å². The molecule has 178 valence electrons. The van der Waals surface area contributed by atoms with E-state index in [-0.39, 0.29) is 28.7 Å². The molecule has 4 aromatic heterocycles. The molecule has 0 aliphatic carbocycles. The van der Waals surface area contributed by atoms with Gasteiger partial charge in [0.1, 0.15) is 11.5 Å². The van der Waals surface area contributed by atoms with Crippen molar-refractivity contribution in [3.63, 3.8) is 0 Å². The SMILES string of the molecule is CC1CNCCC1Nc1nc(-c2ccnc3[nH]c4ccccc4c23)nc2cncc(C(F)(F)F)c12. The summed E-state index contributed by atoms with van der Waals surface area (Å²) in [6.45, 7) is 3.63. The topological polar surface area (TPSA) is 91.4 Å². The summed E-state index contributed by atoms with van der Waals surface area (Å²) in [6.07, 6.45) is 0.0325. The molecular formula is C25H22F3N7. The molecule has 5 heterocycles. The van der Waals surface area contributed by atoms with Crippen LogP contribution in [0, 0.1) is 5.92 Å². The van der Waals surface area contributed by atoms with E-state index in [0.29, 0.717) is 17.0 Å². The van der Waals surface area contributed by atoms with Gasteiger partial charge in [0.05, 0.1) is 22.7 Å². The first-order valence-corrected chi connectivity index (χ1v) is 11.5. The summed E-state index contributed by atoms with van der Waals surface area (Å²) in [5, 5.41) is 8.36. The largest absolute Gasteiger partial charge is 0.418 e. The molecule has 2 unspecified atom stereocenters. The molecule has 5 aromatic rings. The van der Waals surface area contributed by atoms with Gasteiger partial charge >= 0.3 is 6.18 Å². The van der Waals surface area contributed by atoms with E-state index in [2.05, 4.69) is 37.5 Å². The molecule has 0 spiro atoms. The number of aromatic amines is 1. The number of anilines is 1. The van der Waals surface area contributed by atoms with Gasteiger partial charge in [0.15, 0.2) is 5.82 Å². The third kappa shape index (κ3) is 3.74. The maximum Gasteiger partial charge on any atom is 0.418 e. The van der Waals surface area contributed by atoms with Crippen molar-refractivity contribution in [2.24, 2.45) is 5.92 Å². The number of fused-ring (bicyclic) bond motifs is 4. The second kappa shape index (κ2) is 8.16. The Morgan fingerprint density at radius 2 is 1.91 bits per heavy atom. The number of rotatable bonds is 3. The number of H-pyrrole nitrogens is 1. The van der Waals surface area contributed by atoms with Crippen molar-refractivity contribution >= 4 is 38.7 Å². The highest BCUT2D eigenvalue weighted by Gasteiger charge is 2.35. The van der Waals surface area contributed by atoms with Gasteiger partial charge in [-0.2, -0.15) is 13.2 Å². The van der Waals surface area contributed by atoms with Crippen molar-refractivity contribution < 1.29 is 13.2 Å². The van der Waals surface area contributed by atoms with Crippen molar-refractivity contribution in [1.82, 2.24) is 30.2 Å². The Balaban J connectivity index is 1.61. The van der Waals surface area contributed by atoms with Crippen LogP contribution in [0.3, 0.4) is 0 Å². The average molecular weight is 477 g/mol. The number of benzene rings is 1. The molecule has 7 nitrogen and oxygen atoms in total. The smallest absolute Gasteiger partial charge is 0.366 e. The Morgan fingerprint density at radius 1 is 1.06 bits per heavy atom. The van der Waals surface area contributed by atoms with Gasteiger partial charge in [-0.3, -0.25) is 4.98 Å². The highest BCUT2D eigenvalue weighted by Crippen LogP contribution is 2.39. The molecule has 0 radical (unpaired) electrons. The van der Waals surface area contributed by atoms with Crippen LogP contribution in [-0.4, -0.2) is 44.1 Å². The molecule has 10 heteroatoms. The lowest BCUT2D eigenvalue weighted by atomic mass is 9.95. The minimum Gasteiger partial charge on any atom is -0.366 e. The second-order valence-corrected chi connectivity index (χ2v) is 8.95. The second-order valence-electron chi connectivity index (χ2n) is 8.95. The number of pyridine rings is 2. The molecule has 0 saturated carbocycles. The predicted octanol–water partition coefficient (Wildman–Crippen LogP) is 5.15. The fraction of sp³-hybridized carbons (Fsp3) is 0.280. The van der Waals surface area contributed by atoms with Crippen molar-refractivity contribution in [2.45, 2.75) is 25.6 Å². The Hall–Kier alpha value is -3.79. The standard InChI is InChI=1S/C25H22F3N7/c1-13-10-29-8-7-17(13)32-24-21-16(25(26,27)28)11-30-12-19(21)34-22(35-24)15-6-9-31-23-20(15)14-4-2-3-5-18(14)33-23/h2-6,9,11-13,17,29H,7-8,10H2,1H3,(H,31,33)(H,32,34,35). The third-order valence-electron chi connectivity index (χ3n) is 6.66. The molecule has 1 aromatic carbocycles. The first kappa shape index (κ1) is 21.7. The quantitative estimate of drug-likeness (QED) is 0.333. The van der Waals surface area contributed by atoms with Crippen LogP contribution in [-0.2, 0) is 6.18 Å². The zero-order valence-corrected chi connectivity index (χ0v) is 18.8. The molecular weight excluding hydrogens is 455 g/mol.